The molecule has 1 aromatic rings. The van der Waals surface area contributed by atoms with Crippen LogP contribution in [0.15, 0.2) is 12.1 Å². The molecule has 0 aromatic heterocycles. The molecule has 2 rings (SSSR count). The van der Waals surface area contributed by atoms with Crippen molar-refractivity contribution >= 4 is 0 Å². The van der Waals surface area contributed by atoms with Gasteiger partial charge in [-0.25, -0.2) is 18.6 Å². The van der Waals surface area contributed by atoms with Crippen LogP contribution in [0.5, 0.6) is 0 Å². The van der Waals surface area contributed by atoms with E-state index >= 15 is 0 Å². The van der Waals surface area contributed by atoms with Crippen LogP contribution < -0.4 is 11.3 Å². The van der Waals surface area contributed by atoms with Gasteiger partial charge in [0.15, 0.2) is 17.5 Å². The molecule has 0 amide bonds. The van der Waals surface area contributed by atoms with Crippen LogP contribution in [0.1, 0.15) is 50.6 Å². The van der Waals surface area contributed by atoms with Crippen LogP contribution >= 0.6 is 0 Å². The van der Waals surface area contributed by atoms with Crippen LogP contribution in [-0.4, -0.2) is 12.2 Å². The smallest absolute Gasteiger partial charge is 0.194 e. The molecule has 0 saturated heterocycles. The number of nitrogens with one attached hydrogen (secondary N) is 1. The van der Waals surface area contributed by atoms with E-state index in [1.165, 1.54) is 6.07 Å². The summed E-state index contributed by atoms with van der Waals surface area (Å²) in [5.41, 5.74) is 1.87. The first-order valence-electron chi connectivity index (χ1n) is 7.29. The molecule has 1 aromatic carbocycles. The molecule has 1 saturated carbocycles. The van der Waals surface area contributed by atoms with Crippen molar-refractivity contribution in [2.45, 2.75) is 50.7 Å². The van der Waals surface area contributed by atoms with E-state index in [4.69, 9.17) is 10.6 Å². The fraction of sp³-hybridized carbons (Fsp3) is 0.600. The van der Waals surface area contributed by atoms with Crippen molar-refractivity contribution in [3.63, 3.8) is 0 Å². The van der Waals surface area contributed by atoms with Crippen LogP contribution in [0.25, 0.3) is 0 Å². The normalized spacial score (nSPS) is 19.5. The highest BCUT2D eigenvalue weighted by Gasteiger charge is 2.42. The van der Waals surface area contributed by atoms with E-state index in [9.17, 15) is 13.2 Å². The van der Waals surface area contributed by atoms with Crippen molar-refractivity contribution in [3.8, 4) is 0 Å². The summed E-state index contributed by atoms with van der Waals surface area (Å²) in [6, 6.07) is 1.43. The summed E-state index contributed by atoms with van der Waals surface area (Å²) in [5.74, 6) is 1.71. The van der Waals surface area contributed by atoms with Crippen molar-refractivity contribution in [1.82, 2.24) is 5.43 Å². The van der Waals surface area contributed by atoms with Gasteiger partial charge in [0, 0.05) is 12.2 Å². The van der Waals surface area contributed by atoms with E-state index in [-0.39, 0.29) is 5.56 Å². The van der Waals surface area contributed by atoms with Crippen LogP contribution in [0.4, 0.5) is 13.2 Å². The number of nitrogens with two attached hydrogens (primary N) is 1. The molecule has 1 unspecified atom stereocenters. The minimum Gasteiger partial charge on any atom is -0.373 e. The average Bonchev–Trinajstić information content (AvgIpc) is 2.49. The van der Waals surface area contributed by atoms with Gasteiger partial charge < -0.3 is 4.74 Å². The summed E-state index contributed by atoms with van der Waals surface area (Å²) in [6.45, 7) is 2.30. The number of hydrogen-bond donors (Lipinski definition) is 2. The fourth-order valence-electron chi connectivity index (χ4n) is 3.24. The Hall–Kier alpha value is -1.11. The Kier molecular flexibility index (Phi) is 5.24. The van der Waals surface area contributed by atoms with Crippen LogP contribution in [-0.2, 0) is 4.74 Å². The monoisotopic (exact) mass is 302 g/mol. The highest BCUT2D eigenvalue weighted by molar-refractivity contribution is 5.26. The second-order valence-electron chi connectivity index (χ2n) is 5.42. The summed E-state index contributed by atoms with van der Waals surface area (Å²) in [7, 11) is 0. The largest absolute Gasteiger partial charge is 0.373 e. The predicted octanol–water partition coefficient (Wildman–Crippen LogP) is 3.35. The fourth-order valence-corrected chi connectivity index (χ4v) is 3.24. The zero-order valence-corrected chi connectivity index (χ0v) is 12.1. The third-order valence-electron chi connectivity index (χ3n) is 4.20. The summed E-state index contributed by atoms with van der Waals surface area (Å²) in [4.78, 5) is 0. The predicted molar refractivity (Wildman–Crippen MR) is 73.8 cm³/mol. The molecule has 0 aliphatic heterocycles. The number of benzene rings is 1. The lowest BCUT2D eigenvalue weighted by molar-refractivity contribution is -0.0921. The van der Waals surface area contributed by atoms with Gasteiger partial charge in [0.2, 0.25) is 0 Å². The molecule has 0 heterocycles. The molecule has 0 bridgehead atoms. The van der Waals surface area contributed by atoms with Crippen LogP contribution in [0.2, 0.25) is 0 Å². The molecule has 1 fully saturated rings. The number of halogens is 3. The lowest BCUT2D eigenvalue weighted by atomic mass is 9.76. The molecule has 21 heavy (non-hydrogen) atoms. The maximum atomic E-state index is 14.1. The van der Waals surface area contributed by atoms with E-state index in [0.717, 1.165) is 25.3 Å². The molecule has 1 aliphatic rings. The van der Waals surface area contributed by atoms with Crippen molar-refractivity contribution < 1.29 is 17.9 Å². The zero-order valence-electron chi connectivity index (χ0n) is 12.1. The minimum atomic E-state index is -1.48. The first-order valence-corrected chi connectivity index (χ1v) is 7.29. The maximum absolute atomic E-state index is 14.1. The highest BCUT2D eigenvalue weighted by atomic mass is 19.2. The molecule has 1 atom stereocenters. The summed E-state index contributed by atoms with van der Waals surface area (Å²) in [6.07, 6.45) is 4.35. The third-order valence-corrected chi connectivity index (χ3v) is 4.20. The second-order valence-corrected chi connectivity index (χ2v) is 5.42. The number of hydrazine groups is 1. The molecule has 0 spiro atoms. The van der Waals surface area contributed by atoms with Gasteiger partial charge in [0.25, 0.3) is 0 Å². The third kappa shape index (κ3) is 3.07. The number of hydrogen-bond acceptors (Lipinski definition) is 3. The Labute approximate surface area is 122 Å². The lowest BCUT2D eigenvalue weighted by Crippen LogP contribution is -2.50. The zero-order chi connectivity index (χ0) is 15.5. The van der Waals surface area contributed by atoms with Gasteiger partial charge in [-0.2, -0.15) is 0 Å². The van der Waals surface area contributed by atoms with Gasteiger partial charge in [-0.05, 0) is 25.8 Å². The van der Waals surface area contributed by atoms with Crippen molar-refractivity contribution in [2.24, 2.45) is 5.84 Å². The van der Waals surface area contributed by atoms with Crippen LogP contribution in [0, 0.1) is 17.5 Å². The second kappa shape index (κ2) is 6.77. The lowest BCUT2D eigenvalue weighted by Gasteiger charge is -2.43. The molecule has 0 radical (unpaired) electrons. The Morgan fingerprint density at radius 3 is 2.43 bits per heavy atom. The summed E-state index contributed by atoms with van der Waals surface area (Å²) in [5, 5.41) is 0. The molecule has 118 valence electrons. The Balaban J connectivity index is 2.43. The maximum Gasteiger partial charge on any atom is 0.194 e. The van der Waals surface area contributed by atoms with E-state index in [2.05, 4.69) is 5.43 Å². The average molecular weight is 302 g/mol. The number of rotatable bonds is 5. The standard InChI is InChI=1S/C15H21F3N2O/c1-2-21-15(8-4-3-5-9-15)14(20-19)10-6-7-11(16)13(18)12(10)17/h6-7,14,20H,2-5,8-9,19H2,1H3. The van der Waals surface area contributed by atoms with Crippen LogP contribution in [0.3, 0.4) is 0 Å². The van der Waals surface area contributed by atoms with Crippen molar-refractivity contribution in [1.29, 1.82) is 0 Å². The number of ether oxygens (including phenoxy) is 1. The van der Waals surface area contributed by atoms with Gasteiger partial charge in [0.1, 0.15) is 0 Å². The van der Waals surface area contributed by atoms with Gasteiger partial charge in [-0.1, -0.05) is 25.3 Å². The quantitative estimate of drug-likeness (QED) is 0.498. The van der Waals surface area contributed by atoms with Gasteiger partial charge >= 0.3 is 0 Å². The first-order chi connectivity index (χ1) is 10.1. The first kappa shape index (κ1) is 16.3. The Morgan fingerprint density at radius 1 is 1.19 bits per heavy atom. The van der Waals surface area contributed by atoms with Crippen molar-refractivity contribution in [3.05, 3.63) is 35.1 Å². The molecule has 3 nitrogen and oxygen atoms in total. The Bertz CT molecular complexity index is 485. The van der Waals surface area contributed by atoms with E-state index in [1.54, 1.807) is 0 Å². The Morgan fingerprint density at radius 2 is 1.86 bits per heavy atom. The molecule has 6 heteroatoms. The molecule has 3 N–H and O–H groups in total. The summed E-state index contributed by atoms with van der Waals surface area (Å²) >= 11 is 0. The van der Waals surface area contributed by atoms with Gasteiger partial charge in [-0.3, -0.25) is 5.84 Å². The minimum absolute atomic E-state index is 0.00625. The van der Waals surface area contributed by atoms with Gasteiger partial charge in [-0.15, -0.1) is 0 Å². The topological polar surface area (TPSA) is 47.3 Å². The SMILES string of the molecule is CCOC1(C(NN)c2ccc(F)c(F)c2F)CCCCC1. The molecule has 1 aliphatic carbocycles. The highest BCUT2D eigenvalue weighted by Crippen LogP contribution is 2.42. The van der Waals surface area contributed by atoms with Gasteiger partial charge in [0.05, 0.1) is 11.6 Å². The molecular weight excluding hydrogens is 281 g/mol. The van der Waals surface area contributed by atoms with E-state index < -0.39 is 29.1 Å². The van der Waals surface area contributed by atoms with E-state index in [0.29, 0.717) is 19.4 Å². The van der Waals surface area contributed by atoms with Crippen molar-refractivity contribution in [2.75, 3.05) is 6.61 Å². The van der Waals surface area contributed by atoms with E-state index in [1.807, 2.05) is 6.92 Å². The molecular formula is C15H21F3N2O. The summed E-state index contributed by atoms with van der Waals surface area (Å²) < 4.78 is 46.6.